The van der Waals surface area contributed by atoms with E-state index in [2.05, 4.69) is 15.0 Å². The lowest BCUT2D eigenvalue weighted by Crippen LogP contribution is -2.65. The molecule has 2 aromatic carbocycles. The molecule has 1 aliphatic heterocycles. The molecule has 0 unspecified atom stereocenters. The number of alkyl halides is 3. The maximum atomic E-state index is 13.6. The molecule has 3 aromatic rings. The van der Waals surface area contributed by atoms with Gasteiger partial charge in [0.05, 0.1) is 4.90 Å². The van der Waals surface area contributed by atoms with Crippen LogP contribution in [0.1, 0.15) is 0 Å². The van der Waals surface area contributed by atoms with Crippen molar-refractivity contribution in [2.24, 2.45) is 0 Å². The van der Waals surface area contributed by atoms with Crippen molar-refractivity contribution >= 4 is 38.2 Å². The first-order valence-corrected chi connectivity index (χ1v) is 11.1. The molecule has 0 fully saturated rings. The van der Waals surface area contributed by atoms with Gasteiger partial charge < -0.3 is 14.8 Å². The maximum Gasteiger partial charge on any atom is 0.492 e. The van der Waals surface area contributed by atoms with Gasteiger partial charge in [-0.2, -0.15) is 13.2 Å². The van der Waals surface area contributed by atoms with Gasteiger partial charge in [0.15, 0.2) is 16.6 Å². The highest BCUT2D eigenvalue weighted by atomic mass is 32.2. The van der Waals surface area contributed by atoms with E-state index in [1.165, 1.54) is 54.7 Å². The second-order valence-electron chi connectivity index (χ2n) is 6.31. The number of hydrogen-bond donors (Lipinski definition) is 3. The normalized spacial score (nSPS) is 14.6. The lowest BCUT2D eigenvalue weighted by molar-refractivity contribution is -0.317. The van der Waals surface area contributed by atoms with Gasteiger partial charge in [-0.15, -0.1) is 11.3 Å². The number of rotatable bonds is 5. The summed E-state index contributed by atoms with van der Waals surface area (Å²) in [6, 6.07) is 8.91. The minimum absolute atomic E-state index is 0.0311. The number of nitrogens with one attached hydrogen (secondary N) is 3. The van der Waals surface area contributed by atoms with Crippen molar-refractivity contribution in [3.05, 3.63) is 60.1 Å². The van der Waals surface area contributed by atoms with E-state index < -0.39 is 28.1 Å². The highest BCUT2D eigenvalue weighted by molar-refractivity contribution is 7.93. The predicted molar refractivity (Wildman–Crippen MR) is 108 cm³/mol. The van der Waals surface area contributed by atoms with Crippen molar-refractivity contribution in [2.45, 2.75) is 17.0 Å². The first-order valence-electron chi connectivity index (χ1n) is 8.73. The summed E-state index contributed by atoms with van der Waals surface area (Å²) in [5, 5.41) is 5.59. The molecule has 168 valence electrons. The van der Waals surface area contributed by atoms with Gasteiger partial charge in [-0.1, -0.05) is 12.1 Å². The van der Waals surface area contributed by atoms with E-state index in [4.69, 9.17) is 9.47 Å². The summed E-state index contributed by atoms with van der Waals surface area (Å²) in [6.45, 7) is 0. The van der Waals surface area contributed by atoms with Crippen LogP contribution in [0, 0.1) is 0 Å². The molecule has 0 spiro atoms. The van der Waals surface area contributed by atoms with Gasteiger partial charge in [-0.05, 0) is 36.4 Å². The molecular weight excluding hydrogens is 473 g/mol. The van der Waals surface area contributed by atoms with Crippen molar-refractivity contribution in [3.8, 4) is 11.5 Å². The van der Waals surface area contributed by atoms with Gasteiger partial charge in [0.1, 0.15) is 0 Å². The molecule has 0 atom stereocenters. The molecule has 14 heteroatoms. The van der Waals surface area contributed by atoms with E-state index in [1.807, 2.05) is 0 Å². The first kappa shape index (κ1) is 21.7. The fourth-order valence-corrected chi connectivity index (χ4v) is 4.45. The molecule has 0 bridgehead atoms. The van der Waals surface area contributed by atoms with Crippen molar-refractivity contribution < 1.29 is 35.9 Å². The number of aromatic nitrogens is 1. The number of benzene rings is 2. The van der Waals surface area contributed by atoms with Crippen LogP contribution in [0.25, 0.3) is 0 Å². The van der Waals surface area contributed by atoms with Gasteiger partial charge in [0.25, 0.3) is 10.0 Å². The van der Waals surface area contributed by atoms with Gasteiger partial charge in [-0.3, -0.25) is 10.0 Å². The molecule has 4 rings (SSSR count). The fourth-order valence-electron chi connectivity index (χ4n) is 2.66. The highest BCUT2D eigenvalue weighted by Crippen LogP contribution is 2.44. The molecule has 0 aliphatic carbocycles. The van der Waals surface area contributed by atoms with Crippen LogP contribution in [0.2, 0.25) is 0 Å². The van der Waals surface area contributed by atoms with Crippen LogP contribution in [0.5, 0.6) is 11.5 Å². The summed E-state index contributed by atoms with van der Waals surface area (Å²) in [5.74, 6) is -3.79. The Labute approximate surface area is 183 Å². The molecule has 2 heterocycles. The molecule has 0 saturated heterocycles. The Morgan fingerprint density at radius 2 is 1.66 bits per heavy atom. The maximum absolute atomic E-state index is 13.6. The van der Waals surface area contributed by atoms with Crippen LogP contribution in [-0.2, 0) is 10.0 Å². The number of anilines is 2. The molecule has 0 radical (unpaired) electrons. The Hall–Kier alpha value is -3.52. The summed E-state index contributed by atoms with van der Waals surface area (Å²) in [7, 11) is -3.93. The molecule has 1 aliphatic rings. The third kappa shape index (κ3) is 4.27. The Morgan fingerprint density at radius 1 is 1.03 bits per heavy atom. The number of para-hydroxylation sites is 2. The zero-order valence-corrected chi connectivity index (χ0v) is 17.3. The summed E-state index contributed by atoms with van der Waals surface area (Å²) in [6.07, 6.45) is -3.68. The third-order valence-electron chi connectivity index (χ3n) is 4.08. The van der Waals surface area contributed by atoms with E-state index in [0.717, 1.165) is 11.3 Å². The Bertz CT molecular complexity index is 1210. The summed E-state index contributed by atoms with van der Waals surface area (Å²) >= 11 is 1.09. The molecule has 3 N–H and O–H groups in total. The average Bonchev–Trinajstić information content (AvgIpc) is 3.35. The predicted octanol–water partition coefficient (Wildman–Crippen LogP) is 3.75. The summed E-state index contributed by atoms with van der Waals surface area (Å²) in [4.78, 5) is 15.9. The number of urea groups is 1. The van der Waals surface area contributed by atoms with E-state index in [9.17, 15) is 26.4 Å². The smallest absolute Gasteiger partial charge is 0.424 e. The van der Waals surface area contributed by atoms with E-state index in [1.54, 1.807) is 10.7 Å². The average molecular weight is 486 g/mol. The van der Waals surface area contributed by atoms with Gasteiger partial charge >= 0.3 is 18.1 Å². The summed E-state index contributed by atoms with van der Waals surface area (Å²) in [5.41, 5.74) is 0.0311. The molecule has 1 aromatic heterocycles. The van der Waals surface area contributed by atoms with Crippen LogP contribution in [0.3, 0.4) is 0 Å². The topological polar surface area (TPSA) is 119 Å². The minimum Gasteiger partial charge on any atom is -0.424 e. The number of halogens is 3. The zero-order valence-electron chi connectivity index (χ0n) is 15.7. The highest BCUT2D eigenvalue weighted by Gasteiger charge is 2.65. The molecular formula is C18H13F3N4O5S2. The number of carbonyl (C=O) groups excluding carboxylic acids is 1. The lowest BCUT2D eigenvalue weighted by atomic mass is 10.3. The molecule has 9 nitrogen and oxygen atoms in total. The van der Waals surface area contributed by atoms with Crippen molar-refractivity contribution in [1.29, 1.82) is 0 Å². The number of hydrogen-bond acceptors (Lipinski definition) is 7. The first-order chi connectivity index (χ1) is 15.1. The van der Waals surface area contributed by atoms with Crippen LogP contribution in [0.4, 0.5) is 28.8 Å². The number of sulfonamides is 1. The number of thiazole rings is 1. The second kappa shape index (κ2) is 7.87. The monoisotopic (exact) mass is 486 g/mol. The number of fused-ring (bicyclic) bond motifs is 1. The van der Waals surface area contributed by atoms with E-state index in [-0.39, 0.29) is 27.2 Å². The summed E-state index contributed by atoms with van der Waals surface area (Å²) < 4.78 is 77.6. The lowest BCUT2D eigenvalue weighted by Gasteiger charge is -2.29. The van der Waals surface area contributed by atoms with Crippen molar-refractivity contribution in [2.75, 3.05) is 10.0 Å². The van der Waals surface area contributed by atoms with E-state index >= 15 is 0 Å². The van der Waals surface area contributed by atoms with Gasteiger partial charge in [0, 0.05) is 17.3 Å². The minimum atomic E-state index is -5.11. The molecule has 0 saturated carbocycles. The SMILES string of the molecule is O=C(Nc1ccc(S(=O)(=O)Nc2nccs2)cc1)NC1(C(F)(F)F)Oc2ccccc2O1. The second-order valence-corrected chi connectivity index (χ2v) is 8.89. The standard InChI is InChI=1S/C18H13F3N4O5S2/c19-17(20,21)18(29-13-3-1-2-4-14(13)30-18)24-15(26)23-11-5-7-12(8-6-11)32(27,28)25-16-22-9-10-31-16/h1-10H,(H,22,25)(H2,23,24,26). The van der Waals surface area contributed by atoms with Gasteiger partial charge in [0.2, 0.25) is 0 Å². The van der Waals surface area contributed by atoms with Crippen LogP contribution in [0.15, 0.2) is 65.0 Å². The number of amides is 2. The number of ether oxygens (including phenoxy) is 2. The Balaban J connectivity index is 1.46. The zero-order chi connectivity index (χ0) is 23.0. The third-order valence-corrected chi connectivity index (χ3v) is 6.26. The number of nitrogens with zero attached hydrogens (tertiary/aromatic N) is 1. The van der Waals surface area contributed by atoms with Crippen LogP contribution in [-0.4, -0.2) is 31.5 Å². The van der Waals surface area contributed by atoms with Gasteiger partial charge in [-0.25, -0.2) is 18.2 Å². The Morgan fingerprint density at radius 3 is 2.19 bits per heavy atom. The van der Waals surface area contributed by atoms with Crippen LogP contribution >= 0.6 is 11.3 Å². The Kier molecular flexibility index (Phi) is 5.34. The van der Waals surface area contributed by atoms with E-state index in [0.29, 0.717) is 0 Å². The quantitative estimate of drug-likeness (QED) is 0.506. The van der Waals surface area contributed by atoms with Crippen molar-refractivity contribution in [3.63, 3.8) is 0 Å². The van der Waals surface area contributed by atoms with Crippen LogP contribution < -0.4 is 24.8 Å². The number of carbonyl (C=O) groups is 1. The fraction of sp³-hybridized carbons (Fsp3) is 0.111. The largest absolute Gasteiger partial charge is 0.492 e. The molecule has 2 amide bonds. The van der Waals surface area contributed by atoms with Crippen molar-refractivity contribution in [1.82, 2.24) is 10.3 Å². The molecule has 32 heavy (non-hydrogen) atoms.